The largest absolute Gasteiger partial charge is 0.445 e. The van der Waals surface area contributed by atoms with Crippen LogP contribution in [0.1, 0.15) is 29.9 Å². The lowest BCUT2D eigenvalue weighted by molar-refractivity contribution is -0.119. The number of nitrogens with one attached hydrogen (secondary N) is 2. The Kier molecular flexibility index (Phi) is 8.37. The molecule has 2 heterocycles. The van der Waals surface area contributed by atoms with E-state index in [2.05, 4.69) is 26.0 Å². The first-order valence-corrected chi connectivity index (χ1v) is 13.1. The fourth-order valence-electron chi connectivity index (χ4n) is 4.45. The van der Waals surface area contributed by atoms with Crippen LogP contribution in [-0.2, 0) is 27.9 Å². The number of carbonyl (C=O) groups is 3. The van der Waals surface area contributed by atoms with Crippen LogP contribution in [0.25, 0.3) is 11.1 Å². The average molecular weight is 574 g/mol. The molecule has 1 saturated heterocycles. The highest BCUT2D eigenvalue weighted by atomic mass is 19.1. The number of hydrogen-bond acceptors (Lipinski definition) is 8. The maximum absolute atomic E-state index is 15.3. The predicted octanol–water partition coefficient (Wildman–Crippen LogP) is 3.49. The number of carbonyl (C=O) groups excluding carboxylic acids is 3. The zero-order chi connectivity index (χ0) is 29.6. The molecule has 2 atom stereocenters. The standard InChI is InChI=1S/C29H28FN7O5/c1-18(38)31-15-23-16-37(29(40)42-23)22-12-13-24(25(30)14-22)20-8-10-21(11-9-20)26(27-33-35-36(2)34-27)32-28(39)41-17-19-6-4-3-5-7-19/h3-14,23,26H,15-17H2,1-2H3,(H,31,38)(H,32,39)/t23-,26?/m0/s1. The second-order valence-corrected chi connectivity index (χ2v) is 9.62. The minimum atomic E-state index is -0.769. The van der Waals surface area contributed by atoms with Crippen LogP contribution in [0.15, 0.2) is 72.8 Å². The molecule has 216 valence electrons. The lowest BCUT2D eigenvalue weighted by Gasteiger charge is -2.17. The summed E-state index contributed by atoms with van der Waals surface area (Å²) in [5.41, 5.74) is 2.70. The van der Waals surface area contributed by atoms with E-state index in [1.54, 1.807) is 43.4 Å². The van der Waals surface area contributed by atoms with Crippen molar-refractivity contribution in [2.75, 3.05) is 18.0 Å². The van der Waals surface area contributed by atoms with Crippen LogP contribution < -0.4 is 15.5 Å². The molecule has 0 radical (unpaired) electrons. The molecule has 1 fully saturated rings. The molecule has 1 unspecified atom stereocenters. The van der Waals surface area contributed by atoms with Crippen molar-refractivity contribution in [2.45, 2.75) is 25.7 Å². The highest BCUT2D eigenvalue weighted by molar-refractivity contribution is 5.90. The smallest absolute Gasteiger partial charge is 0.414 e. The van der Waals surface area contributed by atoms with E-state index in [-0.39, 0.29) is 31.4 Å². The molecule has 4 aromatic rings. The van der Waals surface area contributed by atoms with Gasteiger partial charge in [-0.3, -0.25) is 9.69 Å². The number of cyclic esters (lactones) is 1. The van der Waals surface area contributed by atoms with E-state index in [9.17, 15) is 14.4 Å². The summed E-state index contributed by atoms with van der Waals surface area (Å²) in [5, 5.41) is 17.5. The highest BCUT2D eigenvalue weighted by Crippen LogP contribution is 2.30. The Balaban J connectivity index is 1.30. The fraction of sp³-hybridized carbons (Fsp3) is 0.241. The van der Waals surface area contributed by atoms with Crippen molar-refractivity contribution in [2.24, 2.45) is 7.05 Å². The van der Waals surface area contributed by atoms with Gasteiger partial charge in [0, 0.05) is 12.5 Å². The van der Waals surface area contributed by atoms with Gasteiger partial charge in [-0.2, -0.15) is 4.80 Å². The van der Waals surface area contributed by atoms with E-state index in [0.29, 0.717) is 22.4 Å². The number of anilines is 1. The summed E-state index contributed by atoms with van der Waals surface area (Å²) in [6, 6.07) is 19.9. The Morgan fingerprint density at radius 3 is 2.55 bits per heavy atom. The molecule has 0 spiro atoms. The number of halogens is 1. The van der Waals surface area contributed by atoms with Crippen LogP contribution in [0.4, 0.5) is 19.7 Å². The van der Waals surface area contributed by atoms with Crippen molar-refractivity contribution in [3.8, 4) is 11.1 Å². The molecule has 13 heteroatoms. The van der Waals surface area contributed by atoms with E-state index >= 15 is 4.39 Å². The lowest BCUT2D eigenvalue weighted by atomic mass is 9.99. The summed E-state index contributed by atoms with van der Waals surface area (Å²) < 4.78 is 25.9. The number of alkyl carbamates (subject to hydrolysis) is 1. The van der Waals surface area contributed by atoms with Gasteiger partial charge in [0.05, 0.1) is 25.8 Å². The fourth-order valence-corrected chi connectivity index (χ4v) is 4.45. The Hall–Kier alpha value is -5.33. The van der Waals surface area contributed by atoms with Crippen LogP contribution in [0.2, 0.25) is 0 Å². The molecule has 0 bridgehead atoms. The quantitative estimate of drug-likeness (QED) is 0.310. The van der Waals surface area contributed by atoms with Crippen LogP contribution in [0.5, 0.6) is 0 Å². The lowest BCUT2D eigenvalue weighted by Crippen LogP contribution is -2.33. The second-order valence-electron chi connectivity index (χ2n) is 9.62. The number of ether oxygens (including phenoxy) is 2. The van der Waals surface area contributed by atoms with Gasteiger partial charge in [0.15, 0.2) is 0 Å². The number of hydrogen-bond donors (Lipinski definition) is 2. The van der Waals surface area contributed by atoms with E-state index in [4.69, 9.17) is 9.47 Å². The van der Waals surface area contributed by atoms with Crippen molar-refractivity contribution in [1.29, 1.82) is 0 Å². The molecule has 2 N–H and O–H groups in total. The second kappa shape index (κ2) is 12.5. The van der Waals surface area contributed by atoms with Gasteiger partial charge in [0.25, 0.3) is 0 Å². The van der Waals surface area contributed by atoms with E-state index in [0.717, 1.165) is 5.56 Å². The molecule has 5 rings (SSSR count). The monoisotopic (exact) mass is 573 g/mol. The molecular formula is C29H28FN7O5. The summed E-state index contributed by atoms with van der Waals surface area (Å²) in [7, 11) is 1.61. The highest BCUT2D eigenvalue weighted by Gasteiger charge is 2.33. The summed E-state index contributed by atoms with van der Waals surface area (Å²) in [5.74, 6) is -0.510. The topological polar surface area (TPSA) is 141 Å². The van der Waals surface area contributed by atoms with Gasteiger partial charge in [-0.1, -0.05) is 54.6 Å². The molecule has 3 aromatic carbocycles. The number of amides is 3. The molecule has 0 aliphatic carbocycles. The van der Waals surface area contributed by atoms with Crippen LogP contribution in [0.3, 0.4) is 0 Å². The van der Waals surface area contributed by atoms with Crippen molar-refractivity contribution < 1.29 is 28.2 Å². The van der Waals surface area contributed by atoms with Gasteiger partial charge in [0.1, 0.15) is 24.6 Å². The Morgan fingerprint density at radius 2 is 1.88 bits per heavy atom. The average Bonchev–Trinajstić information content (AvgIpc) is 3.59. The van der Waals surface area contributed by atoms with Gasteiger partial charge in [-0.05, 0) is 40.1 Å². The summed E-state index contributed by atoms with van der Waals surface area (Å²) in [6.45, 7) is 1.83. The number of benzene rings is 3. The third kappa shape index (κ3) is 6.69. The molecule has 3 amide bonds. The van der Waals surface area contributed by atoms with Gasteiger partial charge < -0.3 is 20.1 Å². The van der Waals surface area contributed by atoms with Crippen LogP contribution in [0, 0.1) is 5.82 Å². The molecular weight excluding hydrogens is 545 g/mol. The first kappa shape index (κ1) is 28.2. The predicted molar refractivity (Wildman–Crippen MR) is 149 cm³/mol. The first-order chi connectivity index (χ1) is 20.3. The SMILES string of the molecule is CC(=O)NC[C@H]1CN(c2ccc(-c3ccc(C(NC(=O)OCc4ccccc4)c4nnn(C)n4)cc3)c(F)c2)C(=O)O1. The summed E-state index contributed by atoms with van der Waals surface area (Å²) in [4.78, 5) is 38.7. The van der Waals surface area contributed by atoms with Gasteiger partial charge in [-0.15, -0.1) is 10.2 Å². The number of rotatable bonds is 9. The Morgan fingerprint density at radius 1 is 1.12 bits per heavy atom. The van der Waals surface area contributed by atoms with Gasteiger partial charge in [-0.25, -0.2) is 14.0 Å². The van der Waals surface area contributed by atoms with Gasteiger partial charge in [0.2, 0.25) is 11.7 Å². The van der Waals surface area contributed by atoms with Crippen LogP contribution >= 0.6 is 0 Å². The van der Waals surface area contributed by atoms with Crippen molar-refractivity contribution in [3.05, 3.63) is 95.6 Å². The molecule has 1 aliphatic heterocycles. The van der Waals surface area contributed by atoms with E-state index < -0.39 is 30.1 Å². The minimum absolute atomic E-state index is 0.0899. The van der Waals surface area contributed by atoms with Crippen molar-refractivity contribution >= 4 is 23.8 Å². The van der Waals surface area contributed by atoms with Gasteiger partial charge >= 0.3 is 12.2 Å². The summed E-state index contributed by atoms with van der Waals surface area (Å²) in [6.07, 6.45) is -1.81. The Bertz CT molecular complexity index is 1580. The first-order valence-electron chi connectivity index (χ1n) is 13.1. The zero-order valence-corrected chi connectivity index (χ0v) is 22.9. The minimum Gasteiger partial charge on any atom is -0.445 e. The third-order valence-corrected chi connectivity index (χ3v) is 6.53. The molecule has 42 heavy (non-hydrogen) atoms. The van der Waals surface area contributed by atoms with Crippen molar-refractivity contribution in [1.82, 2.24) is 30.8 Å². The molecule has 1 aliphatic rings. The zero-order valence-electron chi connectivity index (χ0n) is 22.9. The number of aryl methyl sites for hydroxylation is 1. The Labute approximate surface area is 240 Å². The number of tetrazole rings is 1. The number of aromatic nitrogens is 4. The summed E-state index contributed by atoms with van der Waals surface area (Å²) >= 11 is 0. The van der Waals surface area contributed by atoms with E-state index in [1.807, 2.05) is 30.3 Å². The van der Waals surface area contributed by atoms with E-state index in [1.165, 1.54) is 22.7 Å². The molecule has 0 saturated carbocycles. The number of nitrogens with zero attached hydrogens (tertiary/aromatic N) is 5. The molecule has 1 aromatic heterocycles. The maximum atomic E-state index is 15.3. The normalized spacial score (nSPS) is 15.2. The van der Waals surface area contributed by atoms with Crippen LogP contribution in [-0.4, -0.2) is 57.5 Å². The maximum Gasteiger partial charge on any atom is 0.414 e. The van der Waals surface area contributed by atoms with Crippen molar-refractivity contribution in [3.63, 3.8) is 0 Å². The molecule has 12 nitrogen and oxygen atoms in total. The third-order valence-electron chi connectivity index (χ3n) is 6.53.